The largest absolute Gasteiger partial charge is 0.490 e. The molecule has 0 bridgehead atoms. The van der Waals surface area contributed by atoms with Crippen LogP contribution in [0.1, 0.15) is 17.5 Å². The third-order valence-electron chi connectivity index (χ3n) is 5.03. The Kier molecular flexibility index (Phi) is 6.67. The SMILES string of the molecule is Cl.OC(CNC1CCc2ccccc2C1)COc1cccc2ncccc12. The fraction of sp³-hybridized carbons (Fsp3) is 0.318. The van der Waals surface area contributed by atoms with Crippen molar-refractivity contribution in [1.29, 1.82) is 0 Å². The van der Waals surface area contributed by atoms with Gasteiger partial charge in [-0.15, -0.1) is 12.4 Å². The van der Waals surface area contributed by atoms with Gasteiger partial charge in [0.25, 0.3) is 0 Å². The highest BCUT2D eigenvalue weighted by molar-refractivity contribution is 5.85. The van der Waals surface area contributed by atoms with Gasteiger partial charge in [0.1, 0.15) is 18.5 Å². The predicted molar refractivity (Wildman–Crippen MR) is 111 cm³/mol. The lowest BCUT2D eigenvalue weighted by molar-refractivity contribution is 0.104. The highest BCUT2D eigenvalue weighted by atomic mass is 35.5. The zero-order valence-electron chi connectivity index (χ0n) is 15.2. The van der Waals surface area contributed by atoms with Crippen molar-refractivity contribution in [2.24, 2.45) is 0 Å². The summed E-state index contributed by atoms with van der Waals surface area (Å²) in [7, 11) is 0. The topological polar surface area (TPSA) is 54.4 Å². The van der Waals surface area contributed by atoms with E-state index in [4.69, 9.17) is 4.74 Å². The van der Waals surface area contributed by atoms with Crippen molar-refractivity contribution in [1.82, 2.24) is 10.3 Å². The average Bonchev–Trinajstić information content (AvgIpc) is 2.70. The van der Waals surface area contributed by atoms with Crippen LogP contribution in [0.25, 0.3) is 10.9 Å². The molecule has 2 atom stereocenters. The van der Waals surface area contributed by atoms with E-state index in [0.717, 1.165) is 35.9 Å². The van der Waals surface area contributed by atoms with E-state index < -0.39 is 6.10 Å². The fourth-order valence-corrected chi connectivity index (χ4v) is 3.62. The summed E-state index contributed by atoms with van der Waals surface area (Å²) in [6.45, 7) is 0.806. The Labute approximate surface area is 166 Å². The number of ether oxygens (including phenoxy) is 1. The maximum absolute atomic E-state index is 10.3. The third kappa shape index (κ3) is 4.78. The molecule has 2 N–H and O–H groups in total. The van der Waals surface area contributed by atoms with Crippen LogP contribution >= 0.6 is 12.4 Å². The summed E-state index contributed by atoms with van der Waals surface area (Å²) in [4.78, 5) is 4.33. The maximum Gasteiger partial charge on any atom is 0.128 e. The molecule has 0 amide bonds. The summed E-state index contributed by atoms with van der Waals surface area (Å²) >= 11 is 0. The zero-order chi connectivity index (χ0) is 17.8. The first-order valence-corrected chi connectivity index (χ1v) is 9.24. The van der Waals surface area contributed by atoms with E-state index in [2.05, 4.69) is 34.6 Å². The first kappa shape index (κ1) is 19.6. The smallest absolute Gasteiger partial charge is 0.128 e. The van der Waals surface area contributed by atoms with Crippen LogP contribution in [0.5, 0.6) is 5.75 Å². The van der Waals surface area contributed by atoms with Crippen LogP contribution in [0.4, 0.5) is 0 Å². The van der Waals surface area contributed by atoms with Crippen LogP contribution in [0, 0.1) is 0 Å². The molecular weight excluding hydrogens is 360 g/mol. The number of hydrogen-bond acceptors (Lipinski definition) is 4. The van der Waals surface area contributed by atoms with Crippen LogP contribution in [-0.4, -0.2) is 35.4 Å². The van der Waals surface area contributed by atoms with Gasteiger partial charge >= 0.3 is 0 Å². The number of fused-ring (bicyclic) bond motifs is 2. The van der Waals surface area contributed by atoms with Crippen molar-refractivity contribution < 1.29 is 9.84 Å². The first-order valence-electron chi connectivity index (χ1n) is 9.24. The molecule has 1 aliphatic rings. The van der Waals surface area contributed by atoms with Crippen LogP contribution in [0.2, 0.25) is 0 Å². The molecule has 5 heteroatoms. The fourth-order valence-electron chi connectivity index (χ4n) is 3.62. The number of aryl methyl sites for hydroxylation is 1. The van der Waals surface area contributed by atoms with E-state index in [1.165, 1.54) is 11.1 Å². The third-order valence-corrected chi connectivity index (χ3v) is 5.03. The number of hydrogen-bond donors (Lipinski definition) is 2. The molecule has 2 unspecified atom stereocenters. The van der Waals surface area contributed by atoms with E-state index in [0.29, 0.717) is 12.6 Å². The molecule has 27 heavy (non-hydrogen) atoms. The molecule has 3 aromatic rings. The van der Waals surface area contributed by atoms with Crippen molar-refractivity contribution in [3.05, 3.63) is 71.9 Å². The standard InChI is InChI=1S/C22H24N2O2.ClH/c25-19(14-24-18-11-10-16-5-1-2-6-17(16)13-18)15-26-22-9-3-8-21-20(22)7-4-12-23-21;/h1-9,12,18-19,24-25H,10-11,13-15H2;1H. The molecule has 0 fully saturated rings. The van der Waals surface area contributed by atoms with Gasteiger partial charge in [-0.3, -0.25) is 4.98 Å². The van der Waals surface area contributed by atoms with Gasteiger partial charge in [-0.25, -0.2) is 0 Å². The number of nitrogens with one attached hydrogen (secondary N) is 1. The Morgan fingerprint density at radius 2 is 1.93 bits per heavy atom. The van der Waals surface area contributed by atoms with Gasteiger partial charge in [-0.2, -0.15) is 0 Å². The molecule has 142 valence electrons. The molecule has 1 aromatic heterocycles. The normalized spacial score (nSPS) is 17.0. The quantitative estimate of drug-likeness (QED) is 0.682. The molecule has 0 saturated carbocycles. The van der Waals surface area contributed by atoms with Gasteiger partial charge in [-0.05, 0) is 54.7 Å². The van der Waals surface area contributed by atoms with Crippen LogP contribution in [0.3, 0.4) is 0 Å². The highest BCUT2D eigenvalue weighted by Gasteiger charge is 2.18. The van der Waals surface area contributed by atoms with Crippen molar-refractivity contribution in [3.8, 4) is 5.75 Å². The molecule has 4 nitrogen and oxygen atoms in total. The number of aliphatic hydroxyl groups is 1. The van der Waals surface area contributed by atoms with Crippen molar-refractivity contribution in [2.75, 3.05) is 13.2 Å². The zero-order valence-corrected chi connectivity index (χ0v) is 16.0. The number of benzene rings is 2. The monoisotopic (exact) mass is 384 g/mol. The van der Waals surface area contributed by atoms with Crippen molar-refractivity contribution >= 4 is 23.3 Å². The van der Waals surface area contributed by atoms with Gasteiger partial charge in [0.05, 0.1) is 5.52 Å². The summed E-state index contributed by atoms with van der Waals surface area (Å²) in [6.07, 6.45) is 4.47. The van der Waals surface area contributed by atoms with Crippen LogP contribution < -0.4 is 10.1 Å². The van der Waals surface area contributed by atoms with Gasteiger partial charge in [-0.1, -0.05) is 30.3 Å². The Morgan fingerprint density at radius 1 is 1.07 bits per heavy atom. The highest BCUT2D eigenvalue weighted by Crippen LogP contribution is 2.24. The average molecular weight is 385 g/mol. The number of rotatable bonds is 6. The molecule has 2 aromatic carbocycles. The number of nitrogens with zero attached hydrogens (tertiary/aromatic N) is 1. The van der Waals surface area contributed by atoms with E-state index in [1.807, 2.05) is 30.3 Å². The molecule has 1 aliphatic carbocycles. The maximum atomic E-state index is 10.3. The van der Waals surface area contributed by atoms with E-state index in [1.54, 1.807) is 6.20 Å². The number of halogens is 1. The van der Waals surface area contributed by atoms with Crippen LogP contribution in [-0.2, 0) is 12.8 Å². The Hall–Kier alpha value is -2.14. The summed E-state index contributed by atoms with van der Waals surface area (Å²) in [6, 6.07) is 18.7. The molecule has 4 rings (SSSR count). The number of aliphatic hydroxyl groups excluding tert-OH is 1. The minimum absolute atomic E-state index is 0. The Balaban J connectivity index is 0.00000210. The lowest BCUT2D eigenvalue weighted by atomic mass is 9.88. The summed E-state index contributed by atoms with van der Waals surface area (Å²) < 4.78 is 5.85. The van der Waals surface area contributed by atoms with E-state index in [9.17, 15) is 5.11 Å². The van der Waals surface area contributed by atoms with Crippen LogP contribution in [0.15, 0.2) is 60.8 Å². The van der Waals surface area contributed by atoms with E-state index >= 15 is 0 Å². The van der Waals surface area contributed by atoms with Crippen molar-refractivity contribution in [3.63, 3.8) is 0 Å². The lowest BCUT2D eigenvalue weighted by Gasteiger charge is -2.26. The Bertz CT molecular complexity index is 882. The first-order chi connectivity index (χ1) is 12.8. The second-order valence-electron chi connectivity index (χ2n) is 6.91. The van der Waals surface area contributed by atoms with Gasteiger partial charge in [0.15, 0.2) is 0 Å². The molecule has 0 radical (unpaired) electrons. The summed E-state index contributed by atoms with van der Waals surface area (Å²) in [5, 5.41) is 14.8. The minimum Gasteiger partial charge on any atom is -0.490 e. The van der Waals surface area contributed by atoms with Crippen molar-refractivity contribution in [2.45, 2.75) is 31.4 Å². The van der Waals surface area contributed by atoms with E-state index in [-0.39, 0.29) is 19.0 Å². The number of pyridine rings is 1. The second kappa shape index (κ2) is 9.18. The summed E-state index contributed by atoms with van der Waals surface area (Å²) in [5.41, 5.74) is 3.78. The Morgan fingerprint density at radius 3 is 2.81 bits per heavy atom. The molecule has 0 saturated heterocycles. The predicted octanol–water partition coefficient (Wildman–Crippen LogP) is 3.54. The van der Waals surface area contributed by atoms with Gasteiger partial charge in [0.2, 0.25) is 0 Å². The lowest BCUT2D eigenvalue weighted by Crippen LogP contribution is -2.40. The number of aromatic nitrogens is 1. The molecular formula is C22H25ClN2O2. The second-order valence-corrected chi connectivity index (χ2v) is 6.91. The molecule has 0 aliphatic heterocycles. The molecule has 0 spiro atoms. The molecule has 1 heterocycles. The van der Waals surface area contributed by atoms with Gasteiger partial charge < -0.3 is 15.2 Å². The minimum atomic E-state index is -0.543. The summed E-state index contributed by atoms with van der Waals surface area (Å²) in [5.74, 6) is 0.765. The van der Waals surface area contributed by atoms with Gasteiger partial charge in [0, 0.05) is 24.2 Å².